The van der Waals surface area contributed by atoms with Crippen molar-refractivity contribution in [3.8, 4) is 11.5 Å². The number of para-hydroxylation sites is 1. The van der Waals surface area contributed by atoms with Crippen molar-refractivity contribution in [1.82, 2.24) is 4.90 Å². The number of nitrogens with two attached hydrogens (primary N) is 1. The van der Waals surface area contributed by atoms with Crippen LogP contribution >= 0.6 is 0 Å². The molecule has 1 amide bonds. The van der Waals surface area contributed by atoms with E-state index in [1.165, 1.54) is 0 Å². The van der Waals surface area contributed by atoms with E-state index in [0.29, 0.717) is 25.4 Å². The second-order valence-electron chi connectivity index (χ2n) is 5.64. The van der Waals surface area contributed by atoms with E-state index >= 15 is 0 Å². The predicted octanol–water partition coefficient (Wildman–Crippen LogP) is 2.79. The topological polar surface area (TPSA) is 55.6 Å². The van der Waals surface area contributed by atoms with E-state index in [1.807, 2.05) is 59.5 Å². The van der Waals surface area contributed by atoms with E-state index in [1.54, 1.807) is 0 Å². The lowest BCUT2D eigenvalue weighted by molar-refractivity contribution is -0.128. The minimum absolute atomic E-state index is 0.195. The molecule has 1 aliphatic rings. The number of carbonyl (C=O) groups excluding carboxylic acids is 1. The molecule has 3 rings (SSSR count). The van der Waals surface area contributed by atoms with E-state index in [-0.39, 0.29) is 5.91 Å². The minimum atomic E-state index is 0.195. The molecule has 114 valence electrons. The second kappa shape index (κ2) is 6.62. The first-order chi connectivity index (χ1) is 10.7. The SMILES string of the molecule is NCC1CC(=O)N(Cc2ccc(Oc3ccccc3)cc2)C1. The Morgan fingerprint density at radius 2 is 1.73 bits per heavy atom. The normalized spacial score (nSPS) is 17.8. The van der Waals surface area contributed by atoms with Crippen molar-refractivity contribution in [2.75, 3.05) is 13.1 Å². The van der Waals surface area contributed by atoms with Crippen molar-refractivity contribution in [2.24, 2.45) is 11.7 Å². The number of carbonyl (C=O) groups is 1. The van der Waals surface area contributed by atoms with E-state index in [4.69, 9.17) is 10.5 Å². The van der Waals surface area contributed by atoms with Crippen LogP contribution in [0.4, 0.5) is 0 Å². The fourth-order valence-electron chi connectivity index (χ4n) is 2.67. The lowest BCUT2D eigenvalue weighted by Gasteiger charge is -2.16. The van der Waals surface area contributed by atoms with Crippen molar-refractivity contribution < 1.29 is 9.53 Å². The maximum absolute atomic E-state index is 11.9. The molecule has 0 aliphatic carbocycles. The minimum Gasteiger partial charge on any atom is -0.457 e. The molecule has 1 saturated heterocycles. The summed E-state index contributed by atoms with van der Waals surface area (Å²) >= 11 is 0. The van der Waals surface area contributed by atoms with Crippen molar-refractivity contribution >= 4 is 5.91 Å². The fraction of sp³-hybridized carbons (Fsp3) is 0.278. The Kier molecular flexibility index (Phi) is 4.39. The van der Waals surface area contributed by atoms with Crippen LogP contribution in [0.2, 0.25) is 0 Å². The fourth-order valence-corrected chi connectivity index (χ4v) is 2.67. The summed E-state index contributed by atoms with van der Waals surface area (Å²) in [6.45, 7) is 1.98. The van der Waals surface area contributed by atoms with Gasteiger partial charge in [0.1, 0.15) is 11.5 Å². The Balaban J connectivity index is 1.61. The number of benzene rings is 2. The molecular weight excluding hydrogens is 276 g/mol. The standard InChI is InChI=1S/C18H20N2O2/c19-11-15-10-18(21)20(13-15)12-14-6-8-17(9-7-14)22-16-4-2-1-3-5-16/h1-9,15H,10-13,19H2. The third kappa shape index (κ3) is 3.46. The summed E-state index contributed by atoms with van der Waals surface area (Å²) in [5.74, 6) is 2.10. The van der Waals surface area contributed by atoms with Crippen LogP contribution in [0.5, 0.6) is 11.5 Å². The van der Waals surface area contributed by atoms with Gasteiger partial charge < -0.3 is 15.4 Å². The molecule has 4 nitrogen and oxygen atoms in total. The number of nitrogens with zero attached hydrogens (tertiary/aromatic N) is 1. The monoisotopic (exact) mass is 296 g/mol. The Morgan fingerprint density at radius 3 is 2.36 bits per heavy atom. The molecule has 1 unspecified atom stereocenters. The van der Waals surface area contributed by atoms with Crippen LogP contribution < -0.4 is 10.5 Å². The lowest BCUT2D eigenvalue weighted by Crippen LogP contribution is -2.25. The van der Waals surface area contributed by atoms with Crippen LogP contribution in [-0.2, 0) is 11.3 Å². The molecule has 0 radical (unpaired) electrons. The summed E-state index contributed by atoms with van der Waals surface area (Å²) in [5, 5.41) is 0. The molecule has 2 N–H and O–H groups in total. The third-order valence-electron chi connectivity index (χ3n) is 3.90. The van der Waals surface area contributed by atoms with Gasteiger partial charge in [-0.15, -0.1) is 0 Å². The highest BCUT2D eigenvalue weighted by Gasteiger charge is 2.28. The largest absolute Gasteiger partial charge is 0.457 e. The van der Waals surface area contributed by atoms with Gasteiger partial charge in [-0.3, -0.25) is 4.79 Å². The van der Waals surface area contributed by atoms with E-state index in [2.05, 4.69) is 0 Å². The maximum Gasteiger partial charge on any atom is 0.223 e. The molecule has 0 spiro atoms. The van der Waals surface area contributed by atoms with Gasteiger partial charge >= 0.3 is 0 Å². The van der Waals surface area contributed by atoms with Gasteiger partial charge in [0.15, 0.2) is 0 Å². The molecule has 0 bridgehead atoms. The molecule has 1 heterocycles. The molecule has 4 heteroatoms. The molecule has 1 aliphatic heterocycles. The van der Waals surface area contributed by atoms with Crippen LogP contribution in [0, 0.1) is 5.92 Å². The van der Waals surface area contributed by atoms with Gasteiger partial charge in [0.05, 0.1) is 0 Å². The molecular formula is C18H20N2O2. The molecule has 1 atom stereocenters. The van der Waals surface area contributed by atoms with Crippen LogP contribution in [0.15, 0.2) is 54.6 Å². The molecule has 1 fully saturated rings. The van der Waals surface area contributed by atoms with E-state index < -0.39 is 0 Å². The lowest BCUT2D eigenvalue weighted by atomic mass is 10.1. The Bertz CT molecular complexity index is 625. The van der Waals surface area contributed by atoms with Crippen LogP contribution in [0.3, 0.4) is 0 Å². The summed E-state index contributed by atoms with van der Waals surface area (Å²) in [5.41, 5.74) is 6.75. The van der Waals surface area contributed by atoms with Gasteiger partial charge in [0, 0.05) is 19.5 Å². The zero-order valence-electron chi connectivity index (χ0n) is 12.4. The highest BCUT2D eigenvalue weighted by Crippen LogP contribution is 2.23. The summed E-state index contributed by atoms with van der Waals surface area (Å²) in [6.07, 6.45) is 0.575. The second-order valence-corrected chi connectivity index (χ2v) is 5.64. The number of ether oxygens (including phenoxy) is 1. The average Bonchev–Trinajstić information content (AvgIpc) is 2.90. The first kappa shape index (κ1) is 14.6. The van der Waals surface area contributed by atoms with Crippen molar-refractivity contribution in [1.29, 1.82) is 0 Å². The molecule has 22 heavy (non-hydrogen) atoms. The van der Waals surface area contributed by atoms with E-state index in [0.717, 1.165) is 23.6 Å². The molecule has 0 saturated carbocycles. The number of likely N-dealkylation sites (tertiary alicyclic amines) is 1. The highest BCUT2D eigenvalue weighted by molar-refractivity contribution is 5.78. The Morgan fingerprint density at radius 1 is 1.05 bits per heavy atom. The van der Waals surface area contributed by atoms with Crippen molar-refractivity contribution in [3.05, 3.63) is 60.2 Å². The van der Waals surface area contributed by atoms with Crippen molar-refractivity contribution in [2.45, 2.75) is 13.0 Å². The predicted molar refractivity (Wildman–Crippen MR) is 85.5 cm³/mol. The summed E-state index contributed by atoms with van der Waals surface area (Å²) < 4.78 is 5.76. The Hall–Kier alpha value is -2.33. The van der Waals surface area contributed by atoms with Crippen molar-refractivity contribution in [3.63, 3.8) is 0 Å². The quantitative estimate of drug-likeness (QED) is 0.923. The van der Waals surface area contributed by atoms with E-state index in [9.17, 15) is 4.79 Å². The summed E-state index contributed by atoms with van der Waals surface area (Å²) in [4.78, 5) is 13.8. The summed E-state index contributed by atoms with van der Waals surface area (Å²) in [6, 6.07) is 17.5. The molecule has 2 aromatic rings. The van der Waals surface area contributed by atoms with Crippen LogP contribution in [-0.4, -0.2) is 23.9 Å². The molecule has 0 aromatic heterocycles. The molecule has 2 aromatic carbocycles. The first-order valence-corrected chi connectivity index (χ1v) is 7.54. The smallest absolute Gasteiger partial charge is 0.223 e. The van der Waals surface area contributed by atoms with Gasteiger partial charge in [-0.05, 0) is 42.3 Å². The zero-order chi connectivity index (χ0) is 15.4. The Labute approximate surface area is 130 Å². The summed E-state index contributed by atoms with van der Waals surface area (Å²) in [7, 11) is 0. The zero-order valence-corrected chi connectivity index (χ0v) is 12.4. The van der Waals surface area contributed by atoms with Gasteiger partial charge in [0.25, 0.3) is 0 Å². The number of rotatable bonds is 5. The average molecular weight is 296 g/mol. The van der Waals surface area contributed by atoms with Gasteiger partial charge in [-0.2, -0.15) is 0 Å². The van der Waals surface area contributed by atoms with Gasteiger partial charge in [-0.1, -0.05) is 30.3 Å². The first-order valence-electron chi connectivity index (χ1n) is 7.54. The maximum atomic E-state index is 11.9. The number of amides is 1. The highest BCUT2D eigenvalue weighted by atomic mass is 16.5. The van der Waals surface area contributed by atoms with Gasteiger partial charge in [-0.25, -0.2) is 0 Å². The van der Waals surface area contributed by atoms with Gasteiger partial charge in [0.2, 0.25) is 5.91 Å². The van der Waals surface area contributed by atoms with Crippen LogP contribution in [0.25, 0.3) is 0 Å². The third-order valence-corrected chi connectivity index (χ3v) is 3.90. The number of hydrogen-bond donors (Lipinski definition) is 1. The number of hydrogen-bond acceptors (Lipinski definition) is 3. The van der Waals surface area contributed by atoms with Crippen LogP contribution in [0.1, 0.15) is 12.0 Å².